The molecule has 0 radical (unpaired) electrons. The van der Waals surface area contributed by atoms with Crippen LogP contribution < -0.4 is 11.5 Å². The van der Waals surface area contributed by atoms with Crippen molar-refractivity contribution in [3.63, 3.8) is 0 Å². The van der Waals surface area contributed by atoms with Crippen molar-refractivity contribution in [2.45, 2.75) is 32.2 Å². The highest BCUT2D eigenvalue weighted by Gasteiger charge is 2.23. The molecule has 84 valence electrons. The molecule has 0 saturated heterocycles. The van der Waals surface area contributed by atoms with Crippen LogP contribution in [0.2, 0.25) is 0 Å². The molecule has 1 unspecified atom stereocenters. The minimum atomic E-state index is 0.286. The summed E-state index contributed by atoms with van der Waals surface area (Å²) in [6.45, 7) is 2.18. The van der Waals surface area contributed by atoms with Crippen LogP contribution in [0.1, 0.15) is 23.6 Å². The Morgan fingerprint density at radius 1 is 1.50 bits per heavy atom. The van der Waals surface area contributed by atoms with E-state index in [2.05, 4.69) is 18.0 Å². The second-order valence-corrected chi connectivity index (χ2v) is 5.48. The molecule has 0 amide bonds. The van der Waals surface area contributed by atoms with Gasteiger partial charge in [-0.05, 0) is 42.0 Å². The van der Waals surface area contributed by atoms with Gasteiger partial charge in [0, 0.05) is 6.04 Å². The van der Waals surface area contributed by atoms with Gasteiger partial charge in [0.1, 0.15) is 0 Å². The number of nitrogens with two attached hydrogens (primary N) is 2. The summed E-state index contributed by atoms with van der Waals surface area (Å²) in [7, 11) is 0. The molecule has 2 aromatic rings. The van der Waals surface area contributed by atoms with Crippen LogP contribution in [0.4, 0.5) is 5.13 Å². The van der Waals surface area contributed by atoms with Gasteiger partial charge < -0.3 is 11.5 Å². The van der Waals surface area contributed by atoms with Crippen molar-refractivity contribution in [3.05, 3.63) is 22.8 Å². The van der Waals surface area contributed by atoms with Crippen LogP contribution in [0.25, 0.3) is 10.2 Å². The maximum atomic E-state index is 6.03. The summed E-state index contributed by atoms with van der Waals surface area (Å²) in [6.07, 6.45) is 3.00. The highest BCUT2D eigenvalue weighted by Crippen LogP contribution is 2.35. The second kappa shape index (κ2) is 3.43. The average Bonchev–Trinajstić information content (AvgIpc) is 2.74. The number of benzene rings is 1. The van der Waals surface area contributed by atoms with Crippen LogP contribution in [-0.4, -0.2) is 11.0 Å². The van der Waals surface area contributed by atoms with Crippen molar-refractivity contribution in [2.75, 3.05) is 5.73 Å². The van der Waals surface area contributed by atoms with E-state index >= 15 is 0 Å². The molecule has 3 nitrogen and oxygen atoms in total. The molecule has 1 heterocycles. The zero-order valence-corrected chi connectivity index (χ0v) is 10.1. The first-order valence-electron chi connectivity index (χ1n) is 5.64. The fraction of sp³-hybridized carbons (Fsp3) is 0.417. The smallest absolute Gasteiger partial charge is 0.181 e. The minimum Gasteiger partial charge on any atom is -0.375 e. The number of nitrogens with zero attached hydrogens (tertiary/aromatic N) is 1. The fourth-order valence-corrected chi connectivity index (χ4v) is 3.51. The van der Waals surface area contributed by atoms with E-state index in [1.807, 2.05) is 0 Å². The Hall–Kier alpha value is -1.13. The topological polar surface area (TPSA) is 64.9 Å². The van der Waals surface area contributed by atoms with Gasteiger partial charge in [0.15, 0.2) is 5.13 Å². The van der Waals surface area contributed by atoms with Gasteiger partial charge in [-0.15, -0.1) is 0 Å². The third kappa shape index (κ3) is 1.33. The van der Waals surface area contributed by atoms with E-state index in [1.165, 1.54) is 21.4 Å². The number of hydrogen-bond donors (Lipinski definition) is 2. The van der Waals surface area contributed by atoms with Crippen LogP contribution in [0.15, 0.2) is 6.07 Å². The highest BCUT2D eigenvalue weighted by molar-refractivity contribution is 7.22. The first kappa shape index (κ1) is 10.1. The van der Waals surface area contributed by atoms with E-state index in [0.29, 0.717) is 5.13 Å². The molecule has 0 aliphatic heterocycles. The normalized spacial score (nSPS) is 19.2. The molecule has 0 bridgehead atoms. The van der Waals surface area contributed by atoms with Gasteiger partial charge in [-0.2, -0.15) is 0 Å². The summed E-state index contributed by atoms with van der Waals surface area (Å²) in [5, 5.41) is 0.665. The maximum Gasteiger partial charge on any atom is 0.181 e. The molecule has 4 N–H and O–H groups in total. The van der Waals surface area contributed by atoms with E-state index in [9.17, 15) is 0 Å². The number of aromatic nitrogens is 1. The van der Waals surface area contributed by atoms with E-state index in [1.54, 1.807) is 11.3 Å². The number of anilines is 1. The number of thiazole rings is 1. The molecule has 16 heavy (non-hydrogen) atoms. The third-order valence-electron chi connectivity index (χ3n) is 3.31. The van der Waals surface area contributed by atoms with Gasteiger partial charge >= 0.3 is 0 Å². The molecule has 1 atom stereocenters. The van der Waals surface area contributed by atoms with Gasteiger partial charge in [0.2, 0.25) is 0 Å². The van der Waals surface area contributed by atoms with Gasteiger partial charge in [0.05, 0.1) is 10.2 Å². The lowest BCUT2D eigenvalue weighted by Gasteiger charge is -2.06. The first-order chi connectivity index (χ1) is 7.69. The molecule has 0 fully saturated rings. The number of rotatable bonds is 1. The SMILES string of the molecule is CCc1c2c(cc3sc(N)nc13)CC(N)C2. The molecule has 0 saturated carbocycles. The highest BCUT2D eigenvalue weighted by atomic mass is 32.1. The Morgan fingerprint density at radius 2 is 2.31 bits per heavy atom. The monoisotopic (exact) mass is 233 g/mol. The third-order valence-corrected chi connectivity index (χ3v) is 4.15. The quantitative estimate of drug-likeness (QED) is 0.790. The van der Waals surface area contributed by atoms with Crippen molar-refractivity contribution in [1.29, 1.82) is 0 Å². The van der Waals surface area contributed by atoms with E-state index in [4.69, 9.17) is 11.5 Å². The molecular weight excluding hydrogens is 218 g/mol. The van der Waals surface area contributed by atoms with Crippen molar-refractivity contribution in [3.8, 4) is 0 Å². The zero-order chi connectivity index (χ0) is 11.3. The Labute approximate surface area is 98.5 Å². The lowest BCUT2D eigenvalue weighted by molar-refractivity contribution is 0.719. The van der Waals surface area contributed by atoms with Gasteiger partial charge in [-0.25, -0.2) is 4.98 Å². The molecule has 1 aromatic carbocycles. The standard InChI is InChI=1S/C12H15N3S/c1-2-8-9-5-7(13)3-6(9)4-10-11(8)15-12(14)16-10/h4,7H,2-3,5,13H2,1H3,(H2,14,15). The van der Waals surface area contributed by atoms with Crippen molar-refractivity contribution in [2.24, 2.45) is 5.73 Å². The molecule has 0 spiro atoms. The summed E-state index contributed by atoms with van der Waals surface area (Å²) in [6, 6.07) is 2.51. The average molecular weight is 233 g/mol. The van der Waals surface area contributed by atoms with Crippen LogP contribution in [-0.2, 0) is 19.3 Å². The fourth-order valence-electron chi connectivity index (χ4n) is 2.68. The lowest BCUT2D eigenvalue weighted by Crippen LogP contribution is -2.19. The molecular formula is C12H15N3S. The number of fused-ring (bicyclic) bond motifs is 2. The second-order valence-electron chi connectivity index (χ2n) is 4.41. The molecule has 1 aliphatic rings. The van der Waals surface area contributed by atoms with Crippen LogP contribution in [0.3, 0.4) is 0 Å². The Morgan fingerprint density at radius 3 is 3.06 bits per heavy atom. The van der Waals surface area contributed by atoms with Crippen molar-refractivity contribution >= 4 is 26.7 Å². The summed E-state index contributed by atoms with van der Waals surface area (Å²) < 4.78 is 1.21. The van der Waals surface area contributed by atoms with E-state index in [0.717, 1.165) is 24.8 Å². The summed E-state index contributed by atoms with van der Waals surface area (Å²) in [5.41, 5.74) is 17.1. The van der Waals surface area contributed by atoms with Crippen LogP contribution in [0, 0.1) is 0 Å². The minimum absolute atomic E-state index is 0.286. The predicted molar refractivity (Wildman–Crippen MR) is 68.8 cm³/mol. The molecule has 4 heteroatoms. The largest absolute Gasteiger partial charge is 0.375 e. The number of hydrogen-bond acceptors (Lipinski definition) is 4. The first-order valence-corrected chi connectivity index (χ1v) is 6.46. The summed E-state index contributed by atoms with van der Waals surface area (Å²) in [4.78, 5) is 4.44. The Balaban J connectivity index is 2.33. The summed E-state index contributed by atoms with van der Waals surface area (Å²) in [5.74, 6) is 0. The van der Waals surface area contributed by atoms with Crippen molar-refractivity contribution in [1.82, 2.24) is 4.98 Å². The van der Waals surface area contributed by atoms with Gasteiger partial charge in [0.25, 0.3) is 0 Å². The molecule has 3 rings (SSSR count). The number of aryl methyl sites for hydroxylation is 1. The lowest BCUT2D eigenvalue weighted by atomic mass is 10.0. The maximum absolute atomic E-state index is 6.03. The van der Waals surface area contributed by atoms with Crippen LogP contribution >= 0.6 is 11.3 Å². The van der Waals surface area contributed by atoms with E-state index in [-0.39, 0.29) is 6.04 Å². The van der Waals surface area contributed by atoms with Crippen molar-refractivity contribution < 1.29 is 0 Å². The van der Waals surface area contributed by atoms with E-state index < -0.39 is 0 Å². The predicted octanol–water partition coefficient (Wildman–Crippen LogP) is 1.87. The van der Waals surface area contributed by atoms with Gasteiger partial charge in [-0.1, -0.05) is 18.3 Å². The Bertz CT molecular complexity index is 559. The number of nitrogen functional groups attached to an aromatic ring is 1. The summed E-state index contributed by atoms with van der Waals surface area (Å²) >= 11 is 1.57. The van der Waals surface area contributed by atoms with Crippen LogP contribution in [0.5, 0.6) is 0 Å². The van der Waals surface area contributed by atoms with Gasteiger partial charge in [-0.3, -0.25) is 0 Å². The Kier molecular flexibility index (Phi) is 2.16. The molecule has 1 aromatic heterocycles. The molecule has 1 aliphatic carbocycles. The zero-order valence-electron chi connectivity index (χ0n) is 9.29.